The summed E-state index contributed by atoms with van der Waals surface area (Å²) < 4.78 is 0.266. The summed E-state index contributed by atoms with van der Waals surface area (Å²) in [7, 11) is 0. The summed E-state index contributed by atoms with van der Waals surface area (Å²) in [5.41, 5.74) is 7.07. The summed E-state index contributed by atoms with van der Waals surface area (Å²) in [4.78, 5) is 12.0. The number of rotatable bonds is 6. The van der Waals surface area contributed by atoms with Gasteiger partial charge in [-0.3, -0.25) is 4.79 Å². The monoisotopic (exact) mass is 278 g/mol. The predicted octanol–water partition coefficient (Wildman–Crippen LogP) is 1.96. The van der Waals surface area contributed by atoms with E-state index in [4.69, 9.17) is 5.73 Å². The smallest absolute Gasteiger partial charge is 0.237 e. The molecule has 2 rings (SSSR count). The largest absolute Gasteiger partial charge is 0.353 e. The van der Waals surface area contributed by atoms with E-state index in [1.165, 1.54) is 19.3 Å². The summed E-state index contributed by atoms with van der Waals surface area (Å²) in [5.74, 6) is -0.0378. The fourth-order valence-corrected chi connectivity index (χ4v) is 3.28. The van der Waals surface area contributed by atoms with Crippen LogP contribution in [-0.2, 0) is 11.2 Å². The van der Waals surface area contributed by atoms with E-state index in [0.717, 1.165) is 12.1 Å². The molecule has 1 fully saturated rings. The first-order valence-electron chi connectivity index (χ1n) is 6.78. The molecular weight excluding hydrogens is 256 g/mol. The first-order valence-corrected chi connectivity index (χ1v) is 8.00. The van der Waals surface area contributed by atoms with Crippen LogP contribution in [0.1, 0.15) is 24.8 Å². The van der Waals surface area contributed by atoms with Gasteiger partial charge in [0.15, 0.2) is 0 Å². The average molecular weight is 278 g/mol. The Balaban J connectivity index is 1.79. The normalized spacial score (nSPS) is 18.4. The maximum Gasteiger partial charge on any atom is 0.237 e. The van der Waals surface area contributed by atoms with Crippen molar-refractivity contribution in [2.75, 3.05) is 12.8 Å². The minimum absolute atomic E-state index is 0.0378. The lowest BCUT2D eigenvalue weighted by Crippen LogP contribution is -2.50. The van der Waals surface area contributed by atoms with Crippen LogP contribution in [0.4, 0.5) is 0 Å². The molecule has 1 aliphatic rings. The molecule has 0 bridgehead atoms. The van der Waals surface area contributed by atoms with Gasteiger partial charge in [-0.25, -0.2) is 0 Å². The maximum absolute atomic E-state index is 12.0. The average Bonchev–Trinajstić information content (AvgIpc) is 2.39. The number of hydrogen-bond acceptors (Lipinski definition) is 3. The van der Waals surface area contributed by atoms with Crippen LogP contribution in [0.3, 0.4) is 0 Å². The molecule has 3 N–H and O–H groups in total. The Labute approximate surface area is 119 Å². The number of thioether (sulfide) groups is 1. The second-order valence-corrected chi connectivity index (χ2v) is 6.53. The van der Waals surface area contributed by atoms with Crippen molar-refractivity contribution >= 4 is 17.7 Å². The van der Waals surface area contributed by atoms with Gasteiger partial charge in [0, 0.05) is 11.3 Å². The fraction of sp³-hybridized carbons (Fsp3) is 0.533. The van der Waals surface area contributed by atoms with Crippen molar-refractivity contribution < 1.29 is 4.79 Å². The molecule has 1 aromatic rings. The van der Waals surface area contributed by atoms with E-state index < -0.39 is 6.04 Å². The Bertz CT molecular complexity index is 412. The lowest BCUT2D eigenvalue weighted by Gasteiger charge is -2.40. The van der Waals surface area contributed by atoms with Crippen molar-refractivity contribution in [1.82, 2.24) is 5.32 Å². The van der Waals surface area contributed by atoms with Crippen molar-refractivity contribution in [3.63, 3.8) is 0 Å². The number of carbonyl (C=O) groups is 1. The molecular formula is C15H22N2OS. The van der Waals surface area contributed by atoms with Gasteiger partial charge in [-0.2, -0.15) is 11.8 Å². The number of hydrogen-bond donors (Lipinski definition) is 2. The molecule has 0 saturated heterocycles. The molecule has 0 unspecified atom stereocenters. The van der Waals surface area contributed by atoms with Gasteiger partial charge >= 0.3 is 0 Å². The number of amides is 1. The number of nitrogens with two attached hydrogens (primary N) is 1. The summed E-state index contributed by atoms with van der Waals surface area (Å²) in [6.45, 7) is 0.746. The molecule has 0 spiro atoms. The zero-order valence-electron chi connectivity index (χ0n) is 11.4. The summed E-state index contributed by atoms with van der Waals surface area (Å²) >= 11 is 1.86. The molecule has 0 aromatic heterocycles. The van der Waals surface area contributed by atoms with Crippen molar-refractivity contribution in [1.29, 1.82) is 0 Å². The first kappa shape index (κ1) is 14.4. The maximum atomic E-state index is 12.0. The molecule has 0 heterocycles. The third kappa shape index (κ3) is 3.74. The minimum Gasteiger partial charge on any atom is -0.353 e. The molecule has 0 aliphatic heterocycles. The van der Waals surface area contributed by atoms with Gasteiger partial charge < -0.3 is 11.1 Å². The molecule has 3 nitrogen and oxygen atoms in total. The molecule has 1 amide bonds. The van der Waals surface area contributed by atoms with E-state index in [1.54, 1.807) is 0 Å². The van der Waals surface area contributed by atoms with E-state index >= 15 is 0 Å². The molecule has 1 aromatic carbocycles. The Kier molecular flexibility index (Phi) is 4.88. The minimum atomic E-state index is -0.457. The van der Waals surface area contributed by atoms with Crippen molar-refractivity contribution in [3.05, 3.63) is 35.9 Å². The highest BCUT2D eigenvalue weighted by Crippen LogP contribution is 2.42. The summed E-state index contributed by atoms with van der Waals surface area (Å²) in [6.07, 6.45) is 6.38. The number of carbonyl (C=O) groups excluding carboxylic acids is 1. The lowest BCUT2D eigenvalue weighted by atomic mass is 9.84. The second kappa shape index (κ2) is 6.44. The lowest BCUT2D eigenvalue weighted by molar-refractivity contribution is -0.122. The van der Waals surface area contributed by atoms with Gasteiger partial charge in [-0.05, 0) is 31.1 Å². The van der Waals surface area contributed by atoms with Crippen LogP contribution < -0.4 is 11.1 Å². The van der Waals surface area contributed by atoms with Gasteiger partial charge in [0.1, 0.15) is 0 Å². The van der Waals surface area contributed by atoms with Crippen LogP contribution in [0.2, 0.25) is 0 Å². The molecule has 1 aliphatic carbocycles. The Morgan fingerprint density at radius 2 is 2.11 bits per heavy atom. The summed E-state index contributed by atoms with van der Waals surface area (Å²) in [6, 6.07) is 9.45. The van der Waals surface area contributed by atoms with Gasteiger partial charge in [0.25, 0.3) is 0 Å². The third-order valence-corrected chi connectivity index (χ3v) is 5.34. The Hall–Kier alpha value is -1.00. The van der Waals surface area contributed by atoms with Crippen LogP contribution in [-0.4, -0.2) is 29.5 Å². The number of nitrogens with one attached hydrogen (secondary N) is 1. The summed E-state index contributed by atoms with van der Waals surface area (Å²) in [5, 5.41) is 3.01. The van der Waals surface area contributed by atoms with Crippen LogP contribution in [0, 0.1) is 0 Å². The standard InChI is InChI=1S/C15H22N2OS/c1-19-15(8-5-9-15)11-17-14(18)13(16)10-12-6-3-2-4-7-12/h2-4,6-7,13H,5,8-11,16H2,1H3,(H,17,18)/t13-/m0/s1. The quantitative estimate of drug-likeness (QED) is 0.836. The zero-order chi connectivity index (χ0) is 13.7. The second-order valence-electron chi connectivity index (χ2n) is 5.25. The molecule has 19 heavy (non-hydrogen) atoms. The van der Waals surface area contributed by atoms with Gasteiger partial charge in [0.05, 0.1) is 6.04 Å². The van der Waals surface area contributed by atoms with Crippen LogP contribution >= 0.6 is 11.8 Å². The van der Waals surface area contributed by atoms with E-state index in [2.05, 4.69) is 11.6 Å². The van der Waals surface area contributed by atoms with Gasteiger partial charge in [-0.1, -0.05) is 36.8 Å². The first-order chi connectivity index (χ1) is 9.15. The topological polar surface area (TPSA) is 55.1 Å². The predicted molar refractivity (Wildman–Crippen MR) is 81.2 cm³/mol. The molecule has 1 atom stereocenters. The molecule has 4 heteroatoms. The Morgan fingerprint density at radius 3 is 2.63 bits per heavy atom. The van der Waals surface area contributed by atoms with Crippen molar-refractivity contribution in [2.45, 2.75) is 36.5 Å². The SMILES string of the molecule is CSC1(CNC(=O)[C@@H](N)Cc2ccccc2)CCC1. The van der Waals surface area contributed by atoms with Crippen LogP contribution in [0.15, 0.2) is 30.3 Å². The fourth-order valence-electron chi connectivity index (χ4n) is 2.36. The van der Waals surface area contributed by atoms with Crippen molar-refractivity contribution in [3.8, 4) is 0 Å². The van der Waals surface area contributed by atoms with E-state index in [9.17, 15) is 4.79 Å². The van der Waals surface area contributed by atoms with E-state index in [0.29, 0.717) is 6.42 Å². The zero-order valence-corrected chi connectivity index (χ0v) is 12.2. The highest BCUT2D eigenvalue weighted by molar-refractivity contribution is 8.00. The van der Waals surface area contributed by atoms with Crippen molar-refractivity contribution in [2.24, 2.45) is 5.73 Å². The molecule has 0 radical (unpaired) electrons. The molecule has 1 saturated carbocycles. The molecule has 104 valence electrons. The van der Waals surface area contributed by atoms with Gasteiger partial charge in [0.2, 0.25) is 5.91 Å². The highest BCUT2D eigenvalue weighted by atomic mass is 32.2. The van der Waals surface area contributed by atoms with Crippen LogP contribution in [0.5, 0.6) is 0 Å². The van der Waals surface area contributed by atoms with Crippen LogP contribution in [0.25, 0.3) is 0 Å². The van der Waals surface area contributed by atoms with E-state index in [-0.39, 0.29) is 10.7 Å². The third-order valence-electron chi connectivity index (χ3n) is 3.92. The van der Waals surface area contributed by atoms with E-state index in [1.807, 2.05) is 42.1 Å². The Morgan fingerprint density at radius 1 is 1.42 bits per heavy atom. The highest BCUT2D eigenvalue weighted by Gasteiger charge is 2.36. The number of benzene rings is 1. The van der Waals surface area contributed by atoms with Gasteiger partial charge in [-0.15, -0.1) is 0 Å².